The summed E-state index contributed by atoms with van der Waals surface area (Å²) in [5.74, 6) is -5.38. The van der Waals surface area contributed by atoms with Crippen molar-refractivity contribution in [1.29, 1.82) is 0 Å². The molecular weight excluding hydrogens is 352 g/mol. The molecule has 0 saturated heterocycles. The number of hydrogen-bond acceptors (Lipinski definition) is 7. The van der Waals surface area contributed by atoms with Crippen LogP contribution in [-0.4, -0.2) is 43.0 Å². The van der Waals surface area contributed by atoms with Gasteiger partial charge in [-0.3, -0.25) is 0 Å². The summed E-state index contributed by atoms with van der Waals surface area (Å²) in [5.41, 5.74) is 4.14. The number of aliphatic hydroxyl groups excluding tert-OH is 1. The number of aliphatic hydroxyl groups is 1. The first-order chi connectivity index (χ1) is 12.2. The fourth-order valence-corrected chi connectivity index (χ4v) is 1.88. The van der Waals surface area contributed by atoms with E-state index in [2.05, 4.69) is 0 Å². The van der Waals surface area contributed by atoms with Crippen LogP contribution in [0.4, 0.5) is 14.5 Å². The van der Waals surface area contributed by atoms with Crippen molar-refractivity contribution in [2.45, 2.75) is 26.9 Å². The molecule has 26 heavy (non-hydrogen) atoms. The molecular formula is C17H21F2NO6. The van der Waals surface area contributed by atoms with Crippen molar-refractivity contribution in [2.75, 3.05) is 25.6 Å². The van der Waals surface area contributed by atoms with E-state index in [0.717, 1.165) is 12.1 Å². The molecule has 0 heterocycles. The Kier molecular flexibility index (Phi) is 7.98. The summed E-state index contributed by atoms with van der Waals surface area (Å²) in [7, 11) is 0. The molecule has 1 rings (SSSR count). The lowest BCUT2D eigenvalue weighted by atomic mass is 10.1. The van der Waals surface area contributed by atoms with Crippen molar-refractivity contribution >= 4 is 23.7 Å². The van der Waals surface area contributed by atoms with E-state index in [1.807, 2.05) is 0 Å². The Morgan fingerprint density at radius 1 is 1.19 bits per heavy atom. The third-order valence-electron chi connectivity index (χ3n) is 2.98. The molecule has 144 valence electrons. The Bertz CT molecular complexity index is 683. The van der Waals surface area contributed by atoms with Gasteiger partial charge in [0.25, 0.3) is 0 Å². The van der Waals surface area contributed by atoms with Crippen LogP contribution in [0.5, 0.6) is 5.75 Å². The van der Waals surface area contributed by atoms with Gasteiger partial charge in [0, 0.05) is 5.56 Å². The van der Waals surface area contributed by atoms with Crippen LogP contribution in [0.25, 0.3) is 6.08 Å². The van der Waals surface area contributed by atoms with Gasteiger partial charge in [-0.1, -0.05) is 0 Å². The van der Waals surface area contributed by atoms with Crippen LogP contribution in [0.2, 0.25) is 0 Å². The Labute approximate surface area is 149 Å². The highest BCUT2D eigenvalue weighted by Crippen LogP contribution is 2.31. The average Bonchev–Trinajstić information content (AvgIpc) is 2.57. The summed E-state index contributed by atoms with van der Waals surface area (Å²) in [6.07, 6.45) is -0.0342. The number of carbonyl (C=O) groups is 2. The van der Waals surface area contributed by atoms with Crippen LogP contribution in [0.15, 0.2) is 11.6 Å². The summed E-state index contributed by atoms with van der Waals surface area (Å²) in [6.45, 7) is 4.07. The Hall–Kier alpha value is -2.68. The number of rotatable bonds is 8. The molecule has 0 saturated carbocycles. The SMILES string of the molecule is CCOC(=O)C(=Cc1cc(N)c(F)c(F)c1OC[C@@H](C)O)C(=O)OCC. The molecule has 0 fully saturated rings. The van der Waals surface area contributed by atoms with E-state index in [1.54, 1.807) is 0 Å². The molecule has 0 amide bonds. The average molecular weight is 373 g/mol. The molecule has 0 aromatic heterocycles. The summed E-state index contributed by atoms with van der Waals surface area (Å²) >= 11 is 0. The molecule has 1 aromatic carbocycles. The Morgan fingerprint density at radius 3 is 2.19 bits per heavy atom. The molecule has 0 radical (unpaired) electrons. The first kappa shape index (κ1) is 21.4. The van der Waals surface area contributed by atoms with E-state index in [1.165, 1.54) is 20.8 Å². The predicted octanol–water partition coefficient (Wildman–Crippen LogP) is 1.82. The van der Waals surface area contributed by atoms with Gasteiger partial charge in [0.1, 0.15) is 12.2 Å². The normalized spacial score (nSPS) is 11.5. The van der Waals surface area contributed by atoms with Gasteiger partial charge in [0.2, 0.25) is 5.82 Å². The molecule has 1 aromatic rings. The maximum atomic E-state index is 14.2. The van der Waals surface area contributed by atoms with Gasteiger partial charge in [-0.05, 0) is 32.9 Å². The van der Waals surface area contributed by atoms with Crippen molar-refractivity contribution < 1.29 is 37.7 Å². The van der Waals surface area contributed by atoms with Gasteiger partial charge in [0.05, 0.1) is 25.0 Å². The van der Waals surface area contributed by atoms with Crippen molar-refractivity contribution in [1.82, 2.24) is 0 Å². The maximum absolute atomic E-state index is 14.2. The number of anilines is 1. The summed E-state index contributed by atoms with van der Waals surface area (Å²) in [6, 6.07) is 0.994. The lowest BCUT2D eigenvalue weighted by Gasteiger charge is -2.14. The quantitative estimate of drug-likeness (QED) is 0.235. The number of esters is 2. The zero-order valence-corrected chi connectivity index (χ0v) is 14.7. The van der Waals surface area contributed by atoms with Gasteiger partial charge >= 0.3 is 11.9 Å². The molecule has 7 nitrogen and oxygen atoms in total. The second-order valence-electron chi connectivity index (χ2n) is 5.17. The van der Waals surface area contributed by atoms with E-state index in [4.69, 9.17) is 19.9 Å². The number of benzene rings is 1. The molecule has 0 bridgehead atoms. The number of nitrogen functional groups attached to an aromatic ring is 1. The summed E-state index contributed by atoms with van der Waals surface area (Å²) in [5, 5.41) is 9.29. The largest absolute Gasteiger partial charge is 0.487 e. The summed E-state index contributed by atoms with van der Waals surface area (Å²) in [4.78, 5) is 24.0. The molecule has 9 heteroatoms. The van der Waals surface area contributed by atoms with E-state index < -0.39 is 46.7 Å². The van der Waals surface area contributed by atoms with Crippen LogP contribution < -0.4 is 10.5 Å². The fraction of sp³-hybridized carbons (Fsp3) is 0.412. The minimum absolute atomic E-state index is 0.0130. The fourth-order valence-electron chi connectivity index (χ4n) is 1.88. The van der Waals surface area contributed by atoms with Gasteiger partial charge in [0.15, 0.2) is 11.6 Å². The van der Waals surface area contributed by atoms with Crippen LogP contribution in [0.3, 0.4) is 0 Å². The van der Waals surface area contributed by atoms with E-state index in [0.29, 0.717) is 0 Å². The third kappa shape index (κ3) is 5.41. The second-order valence-corrected chi connectivity index (χ2v) is 5.17. The number of halogens is 2. The molecule has 0 aliphatic heterocycles. The number of hydrogen-bond donors (Lipinski definition) is 2. The predicted molar refractivity (Wildman–Crippen MR) is 89.2 cm³/mol. The van der Waals surface area contributed by atoms with Crippen molar-refractivity contribution in [3.05, 3.63) is 28.8 Å². The highest BCUT2D eigenvalue weighted by molar-refractivity contribution is 6.17. The van der Waals surface area contributed by atoms with Gasteiger partial charge in [-0.15, -0.1) is 0 Å². The Morgan fingerprint density at radius 2 is 1.73 bits per heavy atom. The highest BCUT2D eigenvalue weighted by atomic mass is 19.2. The zero-order chi connectivity index (χ0) is 19.9. The first-order valence-corrected chi connectivity index (χ1v) is 7.87. The standard InChI is InChI=1S/C17H21F2NO6/c1-4-24-16(22)11(17(23)25-5-2)6-10-7-12(20)13(18)14(19)15(10)26-8-9(3)21/h6-7,9,21H,4-5,8,20H2,1-3H3/t9-/m1/s1. The minimum atomic E-state index is -1.41. The molecule has 0 aliphatic rings. The monoisotopic (exact) mass is 373 g/mol. The molecule has 0 aliphatic carbocycles. The number of nitrogens with two attached hydrogens (primary N) is 1. The van der Waals surface area contributed by atoms with Crippen molar-refractivity contribution in [2.24, 2.45) is 0 Å². The molecule has 0 unspecified atom stereocenters. The topological polar surface area (TPSA) is 108 Å². The number of carbonyl (C=O) groups excluding carboxylic acids is 2. The first-order valence-electron chi connectivity index (χ1n) is 7.87. The van der Waals surface area contributed by atoms with Gasteiger partial charge < -0.3 is 25.1 Å². The van der Waals surface area contributed by atoms with Crippen LogP contribution >= 0.6 is 0 Å². The van der Waals surface area contributed by atoms with E-state index in [9.17, 15) is 23.5 Å². The lowest BCUT2D eigenvalue weighted by Crippen LogP contribution is -2.19. The maximum Gasteiger partial charge on any atom is 0.345 e. The van der Waals surface area contributed by atoms with Gasteiger partial charge in [-0.2, -0.15) is 4.39 Å². The second kappa shape index (κ2) is 9.71. The van der Waals surface area contributed by atoms with Crippen molar-refractivity contribution in [3.63, 3.8) is 0 Å². The number of ether oxygens (including phenoxy) is 3. The summed E-state index contributed by atoms with van der Waals surface area (Å²) < 4.78 is 42.6. The lowest BCUT2D eigenvalue weighted by molar-refractivity contribution is -0.146. The van der Waals surface area contributed by atoms with E-state index >= 15 is 0 Å². The zero-order valence-electron chi connectivity index (χ0n) is 14.7. The Balaban J connectivity index is 3.49. The van der Waals surface area contributed by atoms with Crippen LogP contribution in [-0.2, 0) is 19.1 Å². The third-order valence-corrected chi connectivity index (χ3v) is 2.98. The van der Waals surface area contributed by atoms with Crippen LogP contribution in [0, 0.1) is 11.6 Å². The highest BCUT2D eigenvalue weighted by Gasteiger charge is 2.24. The van der Waals surface area contributed by atoms with Crippen molar-refractivity contribution in [3.8, 4) is 5.75 Å². The van der Waals surface area contributed by atoms with E-state index in [-0.39, 0.29) is 25.4 Å². The minimum Gasteiger partial charge on any atom is -0.487 e. The molecule has 0 spiro atoms. The molecule has 1 atom stereocenters. The van der Waals surface area contributed by atoms with Crippen LogP contribution in [0.1, 0.15) is 26.3 Å². The molecule has 3 N–H and O–H groups in total. The smallest absolute Gasteiger partial charge is 0.345 e. The van der Waals surface area contributed by atoms with Gasteiger partial charge in [-0.25, -0.2) is 14.0 Å².